The molecule has 154 valence electrons. The van der Waals surface area contributed by atoms with Gasteiger partial charge in [-0.1, -0.05) is 44.5 Å². The molecule has 0 saturated heterocycles. The molecule has 6 heteroatoms. The van der Waals surface area contributed by atoms with Crippen LogP contribution in [0.4, 0.5) is 5.00 Å². The number of thiophene rings is 1. The molecule has 0 radical (unpaired) electrons. The minimum Gasteiger partial charge on any atom is -0.465 e. The van der Waals surface area contributed by atoms with Crippen LogP contribution in [0.25, 0.3) is 6.08 Å². The van der Waals surface area contributed by atoms with Crippen molar-refractivity contribution in [3.8, 4) is 0 Å². The SMILES string of the molecule is COC(=O)c1c(NC(=O)/C=C\c2ccc(Cl)cc2)sc2c1CC[C@@H](C(C)(C)C)C2. The maximum absolute atomic E-state index is 12.5. The molecule has 29 heavy (non-hydrogen) atoms. The fraction of sp³-hybridized carbons (Fsp3) is 0.391. The van der Waals surface area contributed by atoms with E-state index in [0.717, 1.165) is 30.4 Å². The van der Waals surface area contributed by atoms with Gasteiger partial charge in [0, 0.05) is 16.0 Å². The standard InChI is InChI=1S/C23H26ClNO3S/c1-23(2,3)15-8-11-17-18(13-15)29-21(20(17)22(27)28-4)25-19(26)12-7-14-5-9-16(24)10-6-14/h5-7,9-10,12,15H,8,11,13H2,1-4H3,(H,25,26)/b12-7-/t15-/m1/s1. The number of carbonyl (C=O) groups is 2. The van der Waals surface area contributed by atoms with Crippen LogP contribution in [0.5, 0.6) is 0 Å². The number of anilines is 1. The van der Waals surface area contributed by atoms with Crippen LogP contribution in [0, 0.1) is 11.3 Å². The van der Waals surface area contributed by atoms with Crippen LogP contribution < -0.4 is 5.32 Å². The van der Waals surface area contributed by atoms with Gasteiger partial charge in [0.05, 0.1) is 12.7 Å². The number of halogens is 1. The molecule has 0 aliphatic heterocycles. The fourth-order valence-corrected chi connectivity index (χ4v) is 5.07. The molecule has 1 N–H and O–H groups in total. The third-order valence-electron chi connectivity index (χ3n) is 5.41. The van der Waals surface area contributed by atoms with Gasteiger partial charge in [0.15, 0.2) is 0 Å². The van der Waals surface area contributed by atoms with Crippen LogP contribution >= 0.6 is 22.9 Å². The predicted molar refractivity (Wildman–Crippen MR) is 120 cm³/mol. The summed E-state index contributed by atoms with van der Waals surface area (Å²) in [4.78, 5) is 26.1. The average molecular weight is 432 g/mol. The number of benzene rings is 1. The van der Waals surface area contributed by atoms with Gasteiger partial charge in [0.25, 0.3) is 0 Å². The lowest BCUT2D eigenvalue weighted by Crippen LogP contribution is -2.26. The number of rotatable bonds is 4. The normalized spacial score (nSPS) is 16.5. The first-order valence-electron chi connectivity index (χ1n) is 9.66. The number of nitrogens with one attached hydrogen (secondary N) is 1. The molecule has 3 rings (SSSR count). The highest BCUT2D eigenvalue weighted by Gasteiger charge is 2.34. The van der Waals surface area contributed by atoms with Crippen LogP contribution in [-0.4, -0.2) is 19.0 Å². The lowest BCUT2D eigenvalue weighted by atomic mass is 9.72. The van der Waals surface area contributed by atoms with Gasteiger partial charge in [-0.2, -0.15) is 0 Å². The first-order valence-corrected chi connectivity index (χ1v) is 10.9. The van der Waals surface area contributed by atoms with Gasteiger partial charge in [-0.05, 0) is 59.9 Å². The summed E-state index contributed by atoms with van der Waals surface area (Å²) in [6.07, 6.45) is 5.95. The van der Waals surface area contributed by atoms with Crippen molar-refractivity contribution in [3.63, 3.8) is 0 Å². The number of ether oxygens (including phenoxy) is 1. The van der Waals surface area contributed by atoms with Gasteiger partial charge in [-0.25, -0.2) is 4.79 Å². The molecule has 0 saturated carbocycles. The molecular formula is C23H26ClNO3S. The Kier molecular flexibility index (Phi) is 6.49. The van der Waals surface area contributed by atoms with Crippen molar-refractivity contribution in [2.45, 2.75) is 40.0 Å². The van der Waals surface area contributed by atoms with E-state index in [1.165, 1.54) is 29.4 Å². The Morgan fingerprint density at radius 3 is 2.55 bits per heavy atom. The highest BCUT2D eigenvalue weighted by atomic mass is 35.5. The molecular weight excluding hydrogens is 406 g/mol. The predicted octanol–water partition coefficient (Wildman–Crippen LogP) is 5.99. The van der Waals surface area contributed by atoms with Crippen LogP contribution in [0.3, 0.4) is 0 Å². The van der Waals surface area contributed by atoms with E-state index in [4.69, 9.17) is 16.3 Å². The van der Waals surface area contributed by atoms with E-state index in [2.05, 4.69) is 26.1 Å². The Balaban J connectivity index is 1.83. The highest BCUT2D eigenvalue weighted by molar-refractivity contribution is 7.17. The zero-order valence-corrected chi connectivity index (χ0v) is 18.7. The molecule has 2 aromatic rings. The second-order valence-electron chi connectivity index (χ2n) is 8.38. The average Bonchev–Trinajstić information content (AvgIpc) is 3.03. The number of amides is 1. The molecule has 1 atom stereocenters. The number of methoxy groups -OCH3 is 1. The minimum absolute atomic E-state index is 0.206. The Morgan fingerprint density at radius 1 is 1.24 bits per heavy atom. The number of esters is 1. The first kappa shape index (κ1) is 21.6. The molecule has 1 aliphatic rings. The second-order valence-corrected chi connectivity index (χ2v) is 9.92. The molecule has 1 amide bonds. The van der Waals surface area contributed by atoms with Gasteiger partial charge < -0.3 is 10.1 Å². The van der Waals surface area contributed by atoms with Crippen LogP contribution in [0.1, 0.15) is 53.6 Å². The Bertz CT molecular complexity index is 938. The monoisotopic (exact) mass is 431 g/mol. The van der Waals surface area contributed by atoms with Crippen LogP contribution in [0.2, 0.25) is 5.02 Å². The minimum atomic E-state index is -0.395. The molecule has 1 aromatic carbocycles. The van der Waals surface area contributed by atoms with E-state index in [0.29, 0.717) is 21.5 Å². The largest absolute Gasteiger partial charge is 0.465 e. The summed E-state index contributed by atoms with van der Waals surface area (Å²) in [5, 5.41) is 4.10. The van der Waals surface area contributed by atoms with Crippen LogP contribution in [-0.2, 0) is 22.4 Å². The van der Waals surface area contributed by atoms with E-state index < -0.39 is 5.97 Å². The summed E-state index contributed by atoms with van der Waals surface area (Å²) in [6, 6.07) is 7.21. The zero-order valence-electron chi connectivity index (χ0n) is 17.2. The highest BCUT2D eigenvalue weighted by Crippen LogP contribution is 2.44. The van der Waals surface area contributed by atoms with Crippen molar-refractivity contribution in [2.24, 2.45) is 11.3 Å². The van der Waals surface area contributed by atoms with Gasteiger partial charge in [-0.3, -0.25) is 4.79 Å². The first-order chi connectivity index (χ1) is 13.7. The number of hydrogen-bond acceptors (Lipinski definition) is 4. The summed E-state index contributed by atoms with van der Waals surface area (Å²) >= 11 is 7.38. The second kappa shape index (κ2) is 8.72. The lowest BCUT2D eigenvalue weighted by Gasteiger charge is -2.33. The van der Waals surface area contributed by atoms with Gasteiger partial charge in [0.1, 0.15) is 5.00 Å². The van der Waals surface area contributed by atoms with Gasteiger partial charge >= 0.3 is 5.97 Å². The molecule has 4 nitrogen and oxygen atoms in total. The van der Waals surface area contributed by atoms with E-state index in [9.17, 15) is 9.59 Å². The lowest BCUT2D eigenvalue weighted by molar-refractivity contribution is -0.111. The number of fused-ring (bicyclic) bond motifs is 1. The van der Waals surface area contributed by atoms with Crippen molar-refractivity contribution < 1.29 is 14.3 Å². The van der Waals surface area contributed by atoms with Crippen molar-refractivity contribution in [3.05, 3.63) is 56.9 Å². The third kappa shape index (κ3) is 5.09. The van der Waals surface area contributed by atoms with Crippen molar-refractivity contribution in [2.75, 3.05) is 12.4 Å². The topological polar surface area (TPSA) is 55.4 Å². The Morgan fingerprint density at radius 2 is 1.93 bits per heavy atom. The van der Waals surface area contributed by atoms with E-state index in [-0.39, 0.29) is 11.3 Å². The smallest absolute Gasteiger partial charge is 0.341 e. The number of hydrogen-bond donors (Lipinski definition) is 1. The van der Waals surface area contributed by atoms with Crippen LogP contribution in [0.15, 0.2) is 30.3 Å². The molecule has 0 fully saturated rings. The van der Waals surface area contributed by atoms with Gasteiger partial charge in [0.2, 0.25) is 5.91 Å². The quantitative estimate of drug-likeness (QED) is 0.477. The molecule has 1 aliphatic carbocycles. The fourth-order valence-electron chi connectivity index (χ4n) is 3.63. The Hall–Kier alpha value is -2.11. The summed E-state index contributed by atoms with van der Waals surface area (Å²) < 4.78 is 5.00. The molecule has 1 heterocycles. The van der Waals surface area contributed by atoms with E-state index >= 15 is 0 Å². The number of carbonyl (C=O) groups excluding carboxylic acids is 2. The summed E-state index contributed by atoms with van der Waals surface area (Å²) in [7, 11) is 1.37. The molecule has 0 unspecified atom stereocenters. The maximum Gasteiger partial charge on any atom is 0.341 e. The molecule has 1 aromatic heterocycles. The molecule has 0 bridgehead atoms. The third-order valence-corrected chi connectivity index (χ3v) is 6.84. The van der Waals surface area contributed by atoms with Crippen molar-refractivity contribution in [1.29, 1.82) is 0 Å². The Labute approximate surface area is 180 Å². The van der Waals surface area contributed by atoms with E-state index in [1.54, 1.807) is 18.2 Å². The molecule has 0 spiro atoms. The maximum atomic E-state index is 12.5. The van der Waals surface area contributed by atoms with Crippen molar-refractivity contribution in [1.82, 2.24) is 0 Å². The summed E-state index contributed by atoms with van der Waals surface area (Å²) in [5.41, 5.74) is 2.61. The summed E-state index contributed by atoms with van der Waals surface area (Å²) in [6.45, 7) is 6.76. The van der Waals surface area contributed by atoms with E-state index in [1.807, 2.05) is 12.1 Å². The zero-order chi connectivity index (χ0) is 21.2. The van der Waals surface area contributed by atoms with Crippen molar-refractivity contribution >= 4 is 45.9 Å². The summed E-state index contributed by atoms with van der Waals surface area (Å²) in [5.74, 6) is -0.128. The van der Waals surface area contributed by atoms with Gasteiger partial charge in [-0.15, -0.1) is 11.3 Å².